The average Bonchev–Trinajstić information content (AvgIpc) is 2.61. The van der Waals surface area contributed by atoms with E-state index < -0.39 is 6.04 Å². The van der Waals surface area contributed by atoms with Crippen LogP contribution in [0.5, 0.6) is 5.75 Å². The quantitative estimate of drug-likeness (QED) is 0.742. The highest BCUT2D eigenvalue weighted by molar-refractivity contribution is 7.98. The van der Waals surface area contributed by atoms with Gasteiger partial charge in [0.2, 0.25) is 11.8 Å². The number of ether oxygens (including phenoxy) is 1. The second-order valence-corrected chi connectivity index (χ2v) is 6.39. The van der Waals surface area contributed by atoms with Crippen molar-refractivity contribution in [2.75, 3.05) is 18.7 Å². The number of hydrogen-bond donors (Lipinski definition) is 2. The first-order chi connectivity index (χ1) is 12.0. The number of nitrogens with one attached hydrogen (secondary N) is 2. The van der Waals surface area contributed by atoms with Gasteiger partial charge in [0.25, 0.3) is 0 Å². The number of hydrogen-bond acceptors (Lipinski definition) is 4. The molecule has 0 aliphatic carbocycles. The summed E-state index contributed by atoms with van der Waals surface area (Å²) in [5.41, 5.74) is 1.59. The summed E-state index contributed by atoms with van der Waals surface area (Å²) in [6, 6.07) is 14.6. The predicted octanol–water partition coefficient (Wildman–Crippen LogP) is 3.62. The highest BCUT2D eigenvalue weighted by Gasteiger charge is 2.17. The summed E-state index contributed by atoms with van der Waals surface area (Å²) >= 11 is 1.64. The lowest BCUT2D eigenvalue weighted by atomic mass is 10.0. The Hall–Kier alpha value is -2.47. The molecular formula is C19H22N2O3S. The van der Waals surface area contributed by atoms with Crippen molar-refractivity contribution in [2.24, 2.45) is 0 Å². The predicted molar refractivity (Wildman–Crippen MR) is 101 cm³/mol. The zero-order chi connectivity index (χ0) is 18.2. The molecule has 5 nitrogen and oxygen atoms in total. The molecule has 0 aliphatic heterocycles. The van der Waals surface area contributed by atoms with Gasteiger partial charge < -0.3 is 15.4 Å². The van der Waals surface area contributed by atoms with Crippen LogP contribution in [0, 0.1) is 0 Å². The molecule has 0 aliphatic rings. The fourth-order valence-corrected chi connectivity index (χ4v) is 2.81. The third kappa shape index (κ3) is 5.83. The fraction of sp³-hybridized carbons (Fsp3) is 0.263. The van der Waals surface area contributed by atoms with Crippen molar-refractivity contribution in [3.8, 4) is 5.75 Å². The highest BCUT2D eigenvalue weighted by atomic mass is 32.2. The van der Waals surface area contributed by atoms with E-state index in [4.69, 9.17) is 4.74 Å². The van der Waals surface area contributed by atoms with Crippen LogP contribution in [0.15, 0.2) is 53.4 Å². The smallest absolute Gasteiger partial charge is 0.226 e. The van der Waals surface area contributed by atoms with Crippen molar-refractivity contribution in [3.05, 3.63) is 54.1 Å². The van der Waals surface area contributed by atoms with Gasteiger partial charge in [-0.1, -0.05) is 12.1 Å². The van der Waals surface area contributed by atoms with Crippen LogP contribution in [0.2, 0.25) is 0 Å². The average molecular weight is 358 g/mol. The minimum atomic E-state index is -0.395. The summed E-state index contributed by atoms with van der Waals surface area (Å²) in [5.74, 6) is 0.382. The molecule has 1 unspecified atom stereocenters. The Morgan fingerprint density at radius 3 is 2.24 bits per heavy atom. The molecule has 2 aromatic carbocycles. The summed E-state index contributed by atoms with van der Waals surface area (Å²) < 4.78 is 5.14. The van der Waals surface area contributed by atoms with Crippen LogP contribution >= 0.6 is 11.8 Å². The van der Waals surface area contributed by atoms with Crippen LogP contribution in [-0.2, 0) is 9.59 Å². The van der Waals surface area contributed by atoms with Gasteiger partial charge in [-0.15, -0.1) is 11.8 Å². The Balaban J connectivity index is 2.06. The third-order valence-electron chi connectivity index (χ3n) is 3.66. The van der Waals surface area contributed by atoms with E-state index in [9.17, 15) is 9.59 Å². The summed E-state index contributed by atoms with van der Waals surface area (Å²) in [7, 11) is 1.59. The van der Waals surface area contributed by atoms with Gasteiger partial charge >= 0.3 is 0 Å². The van der Waals surface area contributed by atoms with Crippen LogP contribution in [-0.4, -0.2) is 25.2 Å². The molecule has 0 bridgehead atoms. The number of anilines is 1. The lowest BCUT2D eigenvalue weighted by Crippen LogP contribution is -2.29. The molecular weight excluding hydrogens is 336 g/mol. The molecule has 25 heavy (non-hydrogen) atoms. The summed E-state index contributed by atoms with van der Waals surface area (Å²) in [5, 5.41) is 5.69. The van der Waals surface area contributed by atoms with E-state index in [2.05, 4.69) is 10.6 Å². The van der Waals surface area contributed by atoms with Gasteiger partial charge in [-0.3, -0.25) is 9.59 Å². The Morgan fingerprint density at radius 1 is 1.08 bits per heavy atom. The number of carbonyl (C=O) groups is 2. The molecule has 0 saturated carbocycles. The molecule has 1 atom stereocenters. The third-order valence-corrected chi connectivity index (χ3v) is 4.40. The Labute approximate surface area is 152 Å². The minimum Gasteiger partial charge on any atom is -0.497 e. The SMILES string of the molecule is COc1ccc(C(CC(=O)Nc2ccc(SC)cc2)NC(C)=O)cc1. The summed E-state index contributed by atoms with van der Waals surface area (Å²) in [6.45, 7) is 1.44. The number of benzene rings is 2. The van der Waals surface area contributed by atoms with Crippen LogP contribution < -0.4 is 15.4 Å². The van der Waals surface area contributed by atoms with Crippen molar-refractivity contribution in [1.29, 1.82) is 0 Å². The van der Waals surface area contributed by atoms with E-state index in [1.54, 1.807) is 18.9 Å². The highest BCUT2D eigenvalue weighted by Crippen LogP contribution is 2.22. The molecule has 0 heterocycles. The van der Waals surface area contributed by atoms with Crippen LogP contribution in [0.3, 0.4) is 0 Å². The fourth-order valence-electron chi connectivity index (χ4n) is 2.41. The zero-order valence-corrected chi connectivity index (χ0v) is 15.4. The largest absolute Gasteiger partial charge is 0.497 e. The van der Waals surface area contributed by atoms with Crippen LogP contribution in [0.4, 0.5) is 5.69 Å². The molecule has 2 aromatic rings. The van der Waals surface area contributed by atoms with E-state index in [0.717, 1.165) is 21.9 Å². The monoisotopic (exact) mass is 358 g/mol. The van der Waals surface area contributed by atoms with Gasteiger partial charge in [0.15, 0.2) is 0 Å². The van der Waals surface area contributed by atoms with Gasteiger partial charge in [0.1, 0.15) is 5.75 Å². The number of amides is 2. The first kappa shape index (κ1) is 18.9. The zero-order valence-electron chi connectivity index (χ0n) is 14.5. The normalized spacial score (nSPS) is 11.5. The van der Waals surface area contributed by atoms with Crippen molar-refractivity contribution in [3.63, 3.8) is 0 Å². The Bertz CT molecular complexity index is 714. The molecule has 2 amide bonds. The summed E-state index contributed by atoms with van der Waals surface area (Å²) in [4.78, 5) is 25.0. The number of rotatable bonds is 7. The Morgan fingerprint density at radius 2 is 1.72 bits per heavy atom. The molecule has 0 spiro atoms. The molecule has 0 aromatic heterocycles. The topological polar surface area (TPSA) is 67.4 Å². The van der Waals surface area contributed by atoms with Gasteiger partial charge in [-0.25, -0.2) is 0 Å². The van der Waals surface area contributed by atoms with Gasteiger partial charge in [0, 0.05) is 17.5 Å². The Kier molecular flexibility index (Phi) is 6.89. The molecule has 2 rings (SSSR count). The van der Waals surface area contributed by atoms with E-state index in [0.29, 0.717) is 0 Å². The second kappa shape index (κ2) is 9.13. The number of methoxy groups -OCH3 is 1. The van der Waals surface area contributed by atoms with Crippen LogP contribution in [0.1, 0.15) is 24.9 Å². The number of thioether (sulfide) groups is 1. The van der Waals surface area contributed by atoms with E-state index in [1.807, 2.05) is 54.8 Å². The lowest BCUT2D eigenvalue weighted by molar-refractivity contribution is -0.120. The van der Waals surface area contributed by atoms with Gasteiger partial charge in [0.05, 0.1) is 19.6 Å². The van der Waals surface area contributed by atoms with E-state index in [-0.39, 0.29) is 18.2 Å². The molecule has 0 saturated heterocycles. The maximum Gasteiger partial charge on any atom is 0.226 e. The first-order valence-electron chi connectivity index (χ1n) is 7.86. The second-order valence-electron chi connectivity index (χ2n) is 5.51. The maximum absolute atomic E-state index is 12.4. The van der Waals surface area contributed by atoms with Crippen molar-refractivity contribution >= 4 is 29.3 Å². The molecule has 2 N–H and O–H groups in total. The minimum absolute atomic E-state index is 0.149. The standard InChI is InChI=1S/C19H22N2O3S/c1-13(22)20-18(14-4-8-16(24-2)9-5-14)12-19(23)21-15-6-10-17(25-3)11-7-15/h4-11,18H,12H2,1-3H3,(H,20,22)(H,21,23). The molecule has 6 heteroatoms. The van der Waals surface area contributed by atoms with Crippen molar-refractivity contribution < 1.29 is 14.3 Å². The van der Waals surface area contributed by atoms with Crippen molar-refractivity contribution in [2.45, 2.75) is 24.3 Å². The molecule has 0 fully saturated rings. The summed E-state index contributed by atoms with van der Waals surface area (Å²) in [6.07, 6.45) is 2.15. The van der Waals surface area contributed by atoms with Gasteiger partial charge in [-0.2, -0.15) is 0 Å². The first-order valence-corrected chi connectivity index (χ1v) is 9.09. The maximum atomic E-state index is 12.4. The lowest BCUT2D eigenvalue weighted by Gasteiger charge is -2.18. The molecule has 0 radical (unpaired) electrons. The van der Waals surface area contributed by atoms with E-state index >= 15 is 0 Å². The van der Waals surface area contributed by atoms with Crippen LogP contribution in [0.25, 0.3) is 0 Å². The number of carbonyl (C=O) groups excluding carboxylic acids is 2. The van der Waals surface area contributed by atoms with E-state index in [1.165, 1.54) is 6.92 Å². The van der Waals surface area contributed by atoms with Crippen molar-refractivity contribution in [1.82, 2.24) is 5.32 Å². The molecule has 132 valence electrons. The van der Waals surface area contributed by atoms with Gasteiger partial charge in [-0.05, 0) is 48.2 Å².